The summed E-state index contributed by atoms with van der Waals surface area (Å²) in [5.74, 6) is 0. The first-order valence-corrected chi connectivity index (χ1v) is 7.47. The average Bonchev–Trinajstić information content (AvgIpc) is 3.12. The lowest BCUT2D eigenvalue weighted by Crippen LogP contribution is -2.38. The van der Waals surface area contributed by atoms with E-state index in [9.17, 15) is 8.42 Å². The highest BCUT2D eigenvalue weighted by Crippen LogP contribution is 2.20. The molecule has 0 spiro atoms. The molecule has 1 fully saturated rings. The van der Waals surface area contributed by atoms with Crippen molar-refractivity contribution in [3.8, 4) is 0 Å². The minimum Gasteiger partial charge on any atom is -0.326 e. The van der Waals surface area contributed by atoms with Crippen molar-refractivity contribution in [3.63, 3.8) is 0 Å². The number of nitrogens with one attached hydrogen (secondary N) is 1. The maximum absolute atomic E-state index is 11.9. The van der Waals surface area contributed by atoms with Gasteiger partial charge in [-0.1, -0.05) is 24.3 Å². The molecule has 2 rings (SSSR count). The Morgan fingerprint density at radius 1 is 1.39 bits per heavy atom. The number of benzene rings is 1. The molecular formula is C12H19N3O2S. The second kappa shape index (κ2) is 5.36. The van der Waals surface area contributed by atoms with Crippen molar-refractivity contribution < 1.29 is 8.42 Å². The van der Waals surface area contributed by atoms with Crippen LogP contribution in [-0.4, -0.2) is 25.8 Å². The van der Waals surface area contributed by atoms with Crippen molar-refractivity contribution in [2.75, 3.05) is 7.05 Å². The van der Waals surface area contributed by atoms with Crippen molar-refractivity contribution in [3.05, 3.63) is 35.4 Å². The molecule has 1 aromatic rings. The van der Waals surface area contributed by atoms with Gasteiger partial charge < -0.3 is 5.73 Å². The van der Waals surface area contributed by atoms with Gasteiger partial charge in [0.1, 0.15) is 0 Å². The van der Waals surface area contributed by atoms with Crippen LogP contribution in [0.2, 0.25) is 0 Å². The van der Waals surface area contributed by atoms with Crippen LogP contribution < -0.4 is 10.5 Å². The van der Waals surface area contributed by atoms with E-state index in [1.54, 1.807) is 7.05 Å². The van der Waals surface area contributed by atoms with Gasteiger partial charge in [0.15, 0.2) is 0 Å². The molecule has 1 saturated carbocycles. The van der Waals surface area contributed by atoms with E-state index in [0.717, 1.165) is 24.0 Å². The van der Waals surface area contributed by atoms with Crippen LogP contribution in [0.3, 0.4) is 0 Å². The number of rotatable bonds is 6. The maximum Gasteiger partial charge on any atom is 0.279 e. The minimum absolute atomic E-state index is 0.132. The molecular weight excluding hydrogens is 250 g/mol. The van der Waals surface area contributed by atoms with Gasteiger partial charge in [-0.25, -0.2) is 0 Å². The second-order valence-electron chi connectivity index (χ2n) is 4.68. The molecule has 6 heteroatoms. The van der Waals surface area contributed by atoms with Gasteiger partial charge in [0, 0.05) is 26.2 Å². The standard InChI is InChI=1S/C12H19N3O2S/c1-15(18(16,17)14-12-5-6-12)9-11-4-2-3-10(7-11)8-13/h2-4,7,12,14H,5-6,8-9,13H2,1H3. The Bertz CT molecular complexity index is 512. The van der Waals surface area contributed by atoms with Gasteiger partial charge in [-0.05, 0) is 24.0 Å². The van der Waals surface area contributed by atoms with E-state index in [1.165, 1.54) is 4.31 Å². The molecule has 0 heterocycles. The minimum atomic E-state index is -3.36. The molecule has 0 bridgehead atoms. The third-order valence-electron chi connectivity index (χ3n) is 2.94. The van der Waals surface area contributed by atoms with E-state index in [4.69, 9.17) is 5.73 Å². The molecule has 1 aliphatic rings. The molecule has 0 atom stereocenters. The molecule has 0 saturated heterocycles. The van der Waals surface area contributed by atoms with Gasteiger partial charge in [-0.2, -0.15) is 17.4 Å². The van der Waals surface area contributed by atoms with Crippen molar-refractivity contribution in [1.82, 2.24) is 9.03 Å². The van der Waals surface area contributed by atoms with E-state index < -0.39 is 10.2 Å². The zero-order valence-electron chi connectivity index (χ0n) is 10.5. The summed E-state index contributed by atoms with van der Waals surface area (Å²) in [6, 6.07) is 7.80. The largest absolute Gasteiger partial charge is 0.326 e. The van der Waals surface area contributed by atoms with E-state index in [0.29, 0.717) is 13.1 Å². The summed E-state index contributed by atoms with van der Waals surface area (Å²) in [5, 5.41) is 0. The molecule has 5 nitrogen and oxygen atoms in total. The highest BCUT2D eigenvalue weighted by molar-refractivity contribution is 7.87. The van der Waals surface area contributed by atoms with Crippen molar-refractivity contribution >= 4 is 10.2 Å². The zero-order valence-corrected chi connectivity index (χ0v) is 11.3. The third kappa shape index (κ3) is 3.52. The van der Waals surface area contributed by atoms with Crippen LogP contribution >= 0.6 is 0 Å². The van der Waals surface area contributed by atoms with Crippen LogP contribution in [0.5, 0.6) is 0 Å². The summed E-state index contributed by atoms with van der Waals surface area (Å²) in [6.45, 7) is 0.820. The molecule has 3 N–H and O–H groups in total. The quantitative estimate of drug-likeness (QED) is 0.793. The van der Waals surface area contributed by atoms with Crippen LogP contribution in [-0.2, 0) is 23.3 Å². The fourth-order valence-electron chi connectivity index (χ4n) is 1.70. The predicted molar refractivity (Wildman–Crippen MR) is 70.9 cm³/mol. The van der Waals surface area contributed by atoms with E-state index in [2.05, 4.69) is 4.72 Å². The van der Waals surface area contributed by atoms with Gasteiger partial charge in [0.25, 0.3) is 10.2 Å². The highest BCUT2D eigenvalue weighted by atomic mass is 32.2. The lowest BCUT2D eigenvalue weighted by Gasteiger charge is -2.17. The van der Waals surface area contributed by atoms with Gasteiger partial charge in [0.05, 0.1) is 0 Å². The SMILES string of the molecule is CN(Cc1cccc(CN)c1)S(=O)(=O)NC1CC1. The number of nitrogens with two attached hydrogens (primary N) is 1. The first kappa shape index (κ1) is 13.5. The topological polar surface area (TPSA) is 75.4 Å². The molecule has 0 radical (unpaired) electrons. The van der Waals surface area contributed by atoms with Crippen LogP contribution in [0, 0.1) is 0 Å². The molecule has 0 unspecified atom stereocenters. The second-order valence-corrected chi connectivity index (χ2v) is 6.49. The van der Waals surface area contributed by atoms with Crippen LogP contribution in [0.15, 0.2) is 24.3 Å². The molecule has 0 aromatic heterocycles. The van der Waals surface area contributed by atoms with Gasteiger partial charge in [-0.3, -0.25) is 0 Å². The summed E-state index contributed by atoms with van der Waals surface area (Å²) < 4.78 is 27.8. The Labute approximate surface area is 108 Å². The van der Waals surface area contributed by atoms with Gasteiger partial charge in [-0.15, -0.1) is 0 Å². The van der Waals surface area contributed by atoms with E-state index in [-0.39, 0.29) is 6.04 Å². The molecule has 1 aliphatic carbocycles. The summed E-state index contributed by atoms with van der Waals surface area (Å²) in [4.78, 5) is 0. The van der Waals surface area contributed by atoms with E-state index >= 15 is 0 Å². The fourth-order valence-corrected chi connectivity index (χ4v) is 2.85. The van der Waals surface area contributed by atoms with E-state index in [1.807, 2.05) is 24.3 Å². The summed E-state index contributed by atoms with van der Waals surface area (Å²) in [6.07, 6.45) is 1.88. The Balaban J connectivity index is 2.02. The average molecular weight is 269 g/mol. The Morgan fingerprint density at radius 3 is 2.67 bits per heavy atom. The summed E-state index contributed by atoms with van der Waals surface area (Å²) in [7, 11) is -1.78. The van der Waals surface area contributed by atoms with Crippen molar-refractivity contribution in [2.45, 2.75) is 32.0 Å². The lowest BCUT2D eigenvalue weighted by molar-refractivity contribution is 0.454. The maximum atomic E-state index is 11.9. The number of hydrogen-bond acceptors (Lipinski definition) is 3. The predicted octanol–water partition coefficient (Wildman–Crippen LogP) is 0.574. The number of hydrogen-bond donors (Lipinski definition) is 2. The Hall–Kier alpha value is -0.950. The first-order valence-electron chi connectivity index (χ1n) is 6.03. The van der Waals surface area contributed by atoms with Crippen LogP contribution in [0.1, 0.15) is 24.0 Å². The van der Waals surface area contributed by atoms with Crippen molar-refractivity contribution in [1.29, 1.82) is 0 Å². The molecule has 100 valence electrons. The van der Waals surface area contributed by atoms with Crippen LogP contribution in [0.25, 0.3) is 0 Å². The molecule has 0 amide bonds. The monoisotopic (exact) mass is 269 g/mol. The Morgan fingerprint density at radius 2 is 2.06 bits per heavy atom. The zero-order chi connectivity index (χ0) is 13.2. The first-order chi connectivity index (χ1) is 8.51. The molecule has 1 aromatic carbocycles. The van der Waals surface area contributed by atoms with Crippen LogP contribution in [0.4, 0.5) is 0 Å². The summed E-state index contributed by atoms with van der Waals surface area (Å²) in [5.41, 5.74) is 7.52. The molecule has 18 heavy (non-hydrogen) atoms. The summed E-state index contributed by atoms with van der Waals surface area (Å²) >= 11 is 0. The lowest BCUT2D eigenvalue weighted by atomic mass is 10.1. The third-order valence-corrected chi connectivity index (χ3v) is 4.52. The smallest absolute Gasteiger partial charge is 0.279 e. The Kier molecular flexibility index (Phi) is 4.01. The number of nitrogens with zero attached hydrogens (tertiary/aromatic N) is 1. The van der Waals surface area contributed by atoms with Crippen molar-refractivity contribution in [2.24, 2.45) is 5.73 Å². The van der Waals surface area contributed by atoms with Gasteiger partial charge in [0.2, 0.25) is 0 Å². The fraction of sp³-hybridized carbons (Fsp3) is 0.500. The highest BCUT2D eigenvalue weighted by Gasteiger charge is 2.29. The molecule has 0 aliphatic heterocycles. The van der Waals surface area contributed by atoms with Gasteiger partial charge >= 0.3 is 0 Å². The normalized spacial score (nSPS) is 16.2.